The van der Waals surface area contributed by atoms with Crippen molar-refractivity contribution in [3.8, 4) is 0 Å². The molecule has 0 aliphatic heterocycles. The molecule has 158 valence electrons. The van der Waals surface area contributed by atoms with Crippen molar-refractivity contribution in [3.63, 3.8) is 0 Å². The highest BCUT2D eigenvalue weighted by molar-refractivity contribution is 7.80. The molecule has 0 amide bonds. The molecule has 1 saturated carbocycles. The second kappa shape index (κ2) is 17.0. The molecular formula is C20H43NO4S. The van der Waals surface area contributed by atoms with Crippen molar-refractivity contribution in [2.75, 3.05) is 20.7 Å². The van der Waals surface area contributed by atoms with Crippen LogP contribution in [0.1, 0.15) is 103 Å². The van der Waals surface area contributed by atoms with Gasteiger partial charge in [0.2, 0.25) is 0 Å². The average molecular weight is 394 g/mol. The van der Waals surface area contributed by atoms with E-state index in [4.69, 9.17) is 4.55 Å². The molecule has 0 bridgehead atoms. The van der Waals surface area contributed by atoms with Gasteiger partial charge in [0.15, 0.2) is 0 Å². The summed E-state index contributed by atoms with van der Waals surface area (Å²) in [6, 6.07) is 0.888. The number of hydrogen-bond acceptors (Lipinski definition) is 4. The molecule has 0 aromatic carbocycles. The molecule has 0 heterocycles. The molecule has 0 unspecified atom stereocenters. The fraction of sp³-hybridized carbons (Fsp3) is 1.00. The van der Waals surface area contributed by atoms with Gasteiger partial charge < -0.3 is 4.90 Å². The van der Waals surface area contributed by atoms with Crippen LogP contribution in [0, 0.1) is 0 Å². The van der Waals surface area contributed by atoms with Gasteiger partial charge in [0, 0.05) is 6.04 Å². The van der Waals surface area contributed by atoms with E-state index in [0.717, 1.165) is 18.9 Å². The van der Waals surface area contributed by atoms with Crippen LogP contribution in [0.3, 0.4) is 0 Å². The summed E-state index contributed by atoms with van der Waals surface area (Å²) in [7, 11) is 0.147. The number of nitrogens with zero attached hydrogens (tertiary/aromatic N) is 1. The standard InChI is InChI=1S/C12H26O4S.C8H17N/c1-2-3-4-5-6-7-8-9-10-11-12-16-17(13,14)15;1-9(2)8-6-4-3-5-7-8/h2-12H2,1H3,(H,13,14,15);8H,3-7H2,1-2H3. The van der Waals surface area contributed by atoms with Crippen LogP contribution in [0.25, 0.3) is 0 Å². The summed E-state index contributed by atoms with van der Waals surface area (Å²) in [5.41, 5.74) is 0. The maximum Gasteiger partial charge on any atom is 0.397 e. The van der Waals surface area contributed by atoms with Crippen LogP contribution in [0.4, 0.5) is 0 Å². The predicted molar refractivity (Wildman–Crippen MR) is 110 cm³/mol. The molecule has 0 radical (unpaired) electrons. The second-order valence-corrected chi connectivity index (χ2v) is 8.78. The zero-order valence-corrected chi connectivity index (χ0v) is 18.2. The van der Waals surface area contributed by atoms with Crippen LogP contribution in [0.15, 0.2) is 0 Å². The molecule has 1 aliphatic carbocycles. The van der Waals surface area contributed by atoms with E-state index in [-0.39, 0.29) is 6.61 Å². The number of unbranched alkanes of at least 4 members (excludes halogenated alkanes) is 9. The highest BCUT2D eigenvalue weighted by atomic mass is 32.3. The Labute approximate surface area is 162 Å². The summed E-state index contributed by atoms with van der Waals surface area (Å²) < 4.78 is 33.0. The fourth-order valence-electron chi connectivity index (χ4n) is 3.35. The van der Waals surface area contributed by atoms with E-state index in [2.05, 4.69) is 30.1 Å². The monoisotopic (exact) mass is 393 g/mol. The van der Waals surface area contributed by atoms with Crippen LogP contribution in [-0.4, -0.2) is 44.6 Å². The van der Waals surface area contributed by atoms with E-state index >= 15 is 0 Å². The van der Waals surface area contributed by atoms with E-state index in [1.165, 1.54) is 77.0 Å². The van der Waals surface area contributed by atoms with Crippen LogP contribution >= 0.6 is 0 Å². The molecule has 5 nitrogen and oxygen atoms in total. The molecule has 0 atom stereocenters. The van der Waals surface area contributed by atoms with Gasteiger partial charge in [0.05, 0.1) is 6.61 Å². The summed E-state index contributed by atoms with van der Waals surface area (Å²) >= 11 is 0. The lowest BCUT2D eigenvalue weighted by molar-refractivity contribution is 0.229. The van der Waals surface area contributed by atoms with Crippen molar-refractivity contribution in [2.24, 2.45) is 0 Å². The quantitative estimate of drug-likeness (QED) is 0.325. The highest BCUT2D eigenvalue weighted by Crippen LogP contribution is 2.20. The lowest BCUT2D eigenvalue weighted by Gasteiger charge is -2.27. The van der Waals surface area contributed by atoms with Gasteiger partial charge in [0.1, 0.15) is 0 Å². The zero-order chi connectivity index (χ0) is 19.7. The molecule has 0 aromatic rings. The molecule has 1 aliphatic rings. The van der Waals surface area contributed by atoms with Crippen LogP contribution < -0.4 is 0 Å². The zero-order valence-electron chi connectivity index (χ0n) is 17.4. The normalized spacial score (nSPS) is 15.7. The van der Waals surface area contributed by atoms with Crippen molar-refractivity contribution in [2.45, 2.75) is 109 Å². The summed E-state index contributed by atoms with van der Waals surface area (Å²) in [4.78, 5) is 2.36. The minimum Gasteiger partial charge on any atom is -0.306 e. The van der Waals surface area contributed by atoms with Crippen molar-refractivity contribution >= 4 is 10.4 Å². The Morgan fingerprint density at radius 3 is 1.69 bits per heavy atom. The van der Waals surface area contributed by atoms with Gasteiger partial charge in [-0.25, -0.2) is 4.18 Å². The predicted octanol–water partition coefficient (Wildman–Crippen LogP) is 5.61. The van der Waals surface area contributed by atoms with Crippen LogP contribution in [0.5, 0.6) is 0 Å². The number of hydrogen-bond donors (Lipinski definition) is 1. The Morgan fingerprint density at radius 2 is 1.31 bits per heavy atom. The van der Waals surface area contributed by atoms with Crippen molar-refractivity contribution in [1.82, 2.24) is 4.90 Å². The minimum absolute atomic E-state index is 0.0926. The topological polar surface area (TPSA) is 66.8 Å². The maximum absolute atomic E-state index is 10.2. The van der Waals surface area contributed by atoms with Gasteiger partial charge >= 0.3 is 10.4 Å². The van der Waals surface area contributed by atoms with Gasteiger partial charge in [-0.1, -0.05) is 84.0 Å². The summed E-state index contributed by atoms with van der Waals surface area (Å²) in [5, 5.41) is 0. The van der Waals surface area contributed by atoms with Crippen molar-refractivity contribution in [3.05, 3.63) is 0 Å². The third-order valence-electron chi connectivity index (χ3n) is 5.04. The molecule has 1 rings (SSSR count). The molecule has 1 N–H and O–H groups in total. The van der Waals surface area contributed by atoms with Crippen LogP contribution in [-0.2, 0) is 14.6 Å². The third kappa shape index (κ3) is 18.6. The Bertz CT molecular complexity index is 393. The summed E-state index contributed by atoms with van der Waals surface area (Å²) in [5.74, 6) is 0. The average Bonchev–Trinajstić information content (AvgIpc) is 2.60. The lowest BCUT2D eigenvalue weighted by atomic mass is 9.95. The molecule has 26 heavy (non-hydrogen) atoms. The summed E-state index contributed by atoms with van der Waals surface area (Å²) in [6.07, 6.45) is 19.1. The van der Waals surface area contributed by atoms with E-state index < -0.39 is 10.4 Å². The van der Waals surface area contributed by atoms with E-state index in [1.807, 2.05) is 0 Å². The summed E-state index contributed by atoms with van der Waals surface area (Å²) in [6.45, 7) is 2.31. The highest BCUT2D eigenvalue weighted by Gasteiger charge is 2.13. The first kappa shape index (κ1) is 25.8. The molecule has 0 aromatic heterocycles. The first-order chi connectivity index (χ1) is 12.4. The first-order valence-electron chi connectivity index (χ1n) is 10.6. The van der Waals surface area contributed by atoms with Gasteiger partial charge in [-0.05, 0) is 33.4 Å². The first-order valence-corrected chi connectivity index (χ1v) is 12.0. The van der Waals surface area contributed by atoms with Gasteiger partial charge in [-0.15, -0.1) is 0 Å². The SMILES string of the molecule is CCCCCCCCCCCCOS(=O)(=O)O.CN(C)C1CCCCC1. The van der Waals surface area contributed by atoms with Gasteiger partial charge in [-0.2, -0.15) is 8.42 Å². The molecule has 6 heteroatoms. The Morgan fingerprint density at radius 1 is 0.846 bits per heavy atom. The van der Waals surface area contributed by atoms with Crippen LogP contribution in [0.2, 0.25) is 0 Å². The third-order valence-corrected chi connectivity index (χ3v) is 5.50. The minimum atomic E-state index is -4.23. The molecule has 0 saturated heterocycles. The smallest absolute Gasteiger partial charge is 0.306 e. The van der Waals surface area contributed by atoms with Crippen molar-refractivity contribution < 1.29 is 17.2 Å². The molecule has 1 fully saturated rings. The van der Waals surface area contributed by atoms with Gasteiger partial charge in [0.25, 0.3) is 0 Å². The van der Waals surface area contributed by atoms with E-state index in [0.29, 0.717) is 6.42 Å². The maximum atomic E-state index is 10.2. The number of rotatable bonds is 13. The van der Waals surface area contributed by atoms with Gasteiger partial charge in [-0.3, -0.25) is 4.55 Å². The van der Waals surface area contributed by atoms with E-state index in [9.17, 15) is 8.42 Å². The Hall–Kier alpha value is -0.170. The van der Waals surface area contributed by atoms with Crippen molar-refractivity contribution in [1.29, 1.82) is 0 Å². The lowest BCUT2D eigenvalue weighted by Crippen LogP contribution is -2.29. The molecular weight excluding hydrogens is 350 g/mol. The molecule has 0 spiro atoms. The Kier molecular flexibility index (Phi) is 16.9. The Balaban J connectivity index is 0.000000577. The van der Waals surface area contributed by atoms with E-state index in [1.54, 1.807) is 0 Å². The fourth-order valence-corrected chi connectivity index (χ4v) is 3.68. The second-order valence-electron chi connectivity index (χ2n) is 7.69. The largest absolute Gasteiger partial charge is 0.397 e.